The molecule has 1 aromatic heterocycles. The van der Waals surface area contributed by atoms with E-state index in [9.17, 15) is 9.59 Å². The summed E-state index contributed by atoms with van der Waals surface area (Å²) in [5.74, 6) is -0.307. The molecule has 98 valence electrons. The van der Waals surface area contributed by atoms with E-state index in [-0.39, 0.29) is 27.6 Å². The van der Waals surface area contributed by atoms with Crippen LogP contribution in [0.2, 0.25) is 0 Å². The predicted octanol–water partition coefficient (Wildman–Crippen LogP) is 1.82. The summed E-state index contributed by atoms with van der Waals surface area (Å²) in [6, 6.07) is 0. The summed E-state index contributed by atoms with van der Waals surface area (Å²) >= 11 is 4.80. The molecule has 0 aromatic carbocycles. The van der Waals surface area contributed by atoms with Gasteiger partial charge < -0.3 is 9.72 Å². The highest BCUT2D eigenvalue weighted by Crippen LogP contribution is 2.30. The number of carbonyl (C=O) groups excluding carboxylic acids is 1. The maximum atomic E-state index is 12.3. The lowest BCUT2D eigenvalue weighted by atomic mass is 9.84. The minimum absolute atomic E-state index is 0.140. The van der Waals surface area contributed by atoms with Crippen LogP contribution >= 0.6 is 12.2 Å². The Morgan fingerprint density at radius 2 is 2.28 bits per heavy atom. The number of Topliss-reactive ketones (excluding diaryl/α,β-unsaturated/α-hetero) is 1. The molecule has 1 atom stereocenters. The SMILES string of the molecule is CC1(C)CC(C(=O)c2c[nH]c(=S)[nH]c2=O)CCO1. The third-order valence-corrected chi connectivity index (χ3v) is 3.37. The fourth-order valence-electron chi connectivity index (χ4n) is 2.27. The Labute approximate surface area is 110 Å². The van der Waals surface area contributed by atoms with Crippen molar-refractivity contribution in [1.29, 1.82) is 0 Å². The number of ketones is 1. The molecular formula is C12H16N2O3S. The van der Waals surface area contributed by atoms with E-state index in [1.54, 1.807) is 0 Å². The van der Waals surface area contributed by atoms with Gasteiger partial charge in [0.2, 0.25) is 0 Å². The molecule has 2 rings (SSSR count). The van der Waals surface area contributed by atoms with E-state index in [0.717, 1.165) is 0 Å². The van der Waals surface area contributed by atoms with Crippen LogP contribution < -0.4 is 5.56 Å². The standard InChI is InChI=1S/C12H16N2O3S/c1-12(2)5-7(3-4-17-12)9(15)8-6-13-11(18)14-10(8)16/h6-7H,3-5H2,1-2H3,(H2,13,14,16,18). The Bertz CT molecular complexity index is 573. The molecule has 6 heteroatoms. The first kappa shape index (κ1) is 13.2. The van der Waals surface area contributed by atoms with Crippen molar-refractivity contribution < 1.29 is 9.53 Å². The highest BCUT2D eigenvalue weighted by atomic mass is 32.1. The van der Waals surface area contributed by atoms with E-state index < -0.39 is 5.56 Å². The molecule has 0 saturated carbocycles. The summed E-state index contributed by atoms with van der Waals surface area (Å²) in [7, 11) is 0. The molecule has 5 nitrogen and oxygen atoms in total. The first-order valence-electron chi connectivity index (χ1n) is 5.89. The number of carbonyl (C=O) groups is 1. The summed E-state index contributed by atoms with van der Waals surface area (Å²) in [5, 5.41) is 0. The average molecular weight is 268 g/mol. The van der Waals surface area contributed by atoms with E-state index in [2.05, 4.69) is 9.97 Å². The number of ether oxygens (including phenoxy) is 1. The zero-order chi connectivity index (χ0) is 13.3. The smallest absolute Gasteiger partial charge is 0.262 e. The fraction of sp³-hybridized carbons (Fsp3) is 0.583. The highest BCUT2D eigenvalue weighted by molar-refractivity contribution is 7.71. The molecule has 0 amide bonds. The van der Waals surface area contributed by atoms with Crippen LogP contribution in [0.3, 0.4) is 0 Å². The largest absolute Gasteiger partial charge is 0.376 e. The predicted molar refractivity (Wildman–Crippen MR) is 69.3 cm³/mol. The van der Waals surface area contributed by atoms with E-state index >= 15 is 0 Å². The topological polar surface area (TPSA) is 75.0 Å². The van der Waals surface area contributed by atoms with Gasteiger partial charge in [-0.1, -0.05) is 0 Å². The van der Waals surface area contributed by atoms with Crippen LogP contribution in [0, 0.1) is 10.7 Å². The summed E-state index contributed by atoms with van der Waals surface area (Å²) in [5.41, 5.74) is -0.591. The Hall–Kier alpha value is -1.27. The lowest BCUT2D eigenvalue weighted by Gasteiger charge is -2.34. The molecule has 1 aliphatic heterocycles. The molecule has 0 bridgehead atoms. The number of hydrogen-bond acceptors (Lipinski definition) is 4. The summed E-state index contributed by atoms with van der Waals surface area (Å²) < 4.78 is 5.79. The molecular weight excluding hydrogens is 252 g/mol. The molecule has 0 aliphatic carbocycles. The van der Waals surface area contributed by atoms with E-state index in [0.29, 0.717) is 19.4 Å². The van der Waals surface area contributed by atoms with Crippen molar-refractivity contribution >= 4 is 18.0 Å². The molecule has 1 aliphatic rings. The first-order chi connectivity index (χ1) is 8.39. The summed E-state index contributed by atoms with van der Waals surface area (Å²) in [6.45, 7) is 4.45. The second-order valence-corrected chi connectivity index (χ2v) is 5.56. The van der Waals surface area contributed by atoms with Gasteiger partial charge in [-0.3, -0.25) is 14.6 Å². The molecule has 18 heavy (non-hydrogen) atoms. The van der Waals surface area contributed by atoms with Crippen molar-refractivity contribution in [2.24, 2.45) is 5.92 Å². The quantitative estimate of drug-likeness (QED) is 0.633. The van der Waals surface area contributed by atoms with Crippen LogP contribution in [-0.4, -0.2) is 28.0 Å². The number of nitrogens with one attached hydrogen (secondary N) is 2. The molecule has 1 saturated heterocycles. The summed E-state index contributed by atoms with van der Waals surface area (Å²) in [6.07, 6.45) is 2.67. The van der Waals surface area contributed by atoms with Crippen molar-refractivity contribution in [3.63, 3.8) is 0 Å². The van der Waals surface area contributed by atoms with Gasteiger partial charge in [0, 0.05) is 18.7 Å². The van der Waals surface area contributed by atoms with Crippen LogP contribution in [0.1, 0.15) is 37.0 Å². The molecule has 1 fully saturated rings. The Morgan fingerprint density at radius 3 is 2.89 bits per heavy atom. The van der Waals surface area contributed by atoms with Crippen molar-refractivity contribution in [2.75, 3.05) is 6.61 Å². The van der Waals surface area contributed by atoms with Gasteiger partial charge in [-0.25, -0.2) is 0 Å². The first-order valence-corrected chi connectivity index (χ1v) is 6.30. The molecule has 2 heterocycles. The minimum Gasteiger partial charge on any atom is -0.376 e. The number of aromatic amines is 2. The van der Waals surface area contributed by atoms with Gasteiger partial charge >= 0.3 is 0 Å². The number of aromatic nitrogens is 2. The monoisotopic (exact) mass is 268 g/mol. The lowest BCUT2D eigenvalue weighted by molar-refractivity contribution is -0.0664. The van der Waals surface area contributed by atoms with Crippen molar-refractivity contribution in [3.8, 4) is 0 Å². The summed E-state index contributed by atoms with van der Waals surface area (Å²) in [4.78, 5) is 29.1. The van der Waals surface area contributed by atoms with Crippen molar-refractivity contribution in [3.05, 3.63) is 26.9 Å². The minimum atomic E-state index is -0.423. The Balaban J connectivity index is 2.26. The van der Waals surface area contributed by atoms with Crippen LogP contribution in [0.5, 0.6) is 0 Å². The van der Waals surface area contributed by atoms with E-state index in [1.807, 2.05) is 13.8 Å². The van der Waals surface area contributed by atoms with Crippen molar-refractivity contribution in [1.82, 2.24) is 9.97 Å². The van der Waals surface area contributed by atoms with Gasteiger partial charge in [0.25, 0.3) is 5.56 Å². The van der Waals surface area contributed by atoms with Gasteiger partial charge in [0.1, 0.15) is 0 Å². The van der Waals surface area contributed by atoms with Crippen molar-refractivity contribution in [2.45, 2.75) is 32.3 Å². The van der Waals surface area contributed by atoms with Crippen LogP contribution in [0.4, 0.5) is 0 Å². The lowest BCUT2D eigenvalue weighted by Crippen LogP contribution is -2.38. The molecule has 2 N–H and O–H groups in total. The van der Waals surface area contributed by atoms with Gasteiger partial charge in [0.05, 0.1) is 11.2 Å². The van der Waals surface area contributed by atoms with Gasteiger partial charge in [-0.2, -0.15) is 0 Å². The normalized spacial score (nSPS) is 22.7. The fourth-order valence-corrected chi connectivity index (χ4v) is 2.42. The van der Waals surface area contributed by atoms with Gasteiger partial charge in [-0.15, -0.1) is 0 Å². The van der Waals surface area contributed by atoms with Crippen LogP contribution in [-0.2, 0) is 4.74 Å². The number of H-pyrrole nitrogens is 2. The van der Waals surface area contributed by atoms with Crippen LogP contribution in [0.25, 0.3) is 0 Å². The van der Waals surface area contributed by atoms with Gasteiger partial charge in [0.15, 0.2) is 10.6 Å². The maximum Gasteiger partial charge on any atom is 0.262 e. The second kappa shape index (κ2) is 4.78. The van der Waals surface area contributed by atoms with Crippen LogP contribution in [0.15, 0.2) is 11.0 Å². The van der Waals surface area contributed by atoms with E-state index in [1.165, 1.54) is 6.20 Å². The second-order valence-electron chi connectivity index (χ2n) is 5.15. The Morgan fingerprint density at radius 1 is 1.56 bits per heavy atom. The number of rotatable bonds is 2. The number of hydrogen-bond donors (Lipinski definition) is 2. The zero-order valence-corrected chi connectivity index (χ0v) is 11.2. The van der Waals surface area contributed by atoms with E-state index in [4.69, 9.17) is 17.0 Å². The van der Waals surface area contributed by atoms with Gasteiger partial charge in [-0.05, 0) is 38.9 Å². The molecule has 1 unspecified atom stereocenters. The maximum absolute atomic E-state index is 12.3. The zero-order valence-electron chi connectivity index (χ0n) is 10.4. The molecule has 0 radical (unpaired) electrons. The molecule has 0 spiro atoms. The third kappa shape index (κ3) is 2.76. The average Bonchev–Trinajstić information content (AvgIpc) is 2.27. The Kier molecular flexibility index (Phi) is 3.49. The highest BCUT2D eigenvalue weighted by Gasteiger charge is 2.34. The molecule has 1 aromatic rings. The third-order valence-electron chi connectivity index (χ3n) is 3.15.